The Morgan fingerprint density at radius 2 is 1.83 bits per heavy atom. The third kappa shape index (κ3) is 5.84. The zero-order valence-electron chi connectivity index (χ0n) is 18.9. The summed E-state index contributed by atoms with van der Waals surface area (Å²) in [5.74, 6) is -0.315. The maximum absolute atomic E-state index is 12.9. The van der Waals surface area contributed by atoms with Gasteiger partial charge in [-0.25, -0.2) is 15.0 Å². The van der Waals surface area contributed by atoms with Crippen molar-refractivity contribution < 1.29 is 27.8 Å². The number of carbonyl (C=O) groups is 1. The fraction of sp³-hybridized carbons (Fsp3) is 0.304. The third-order valence-electron chi connectivity index (χ3n) is 5.57. The van der Waals surface area contributed by atoms with Crippen LogP contribution in [0.15, 0.2) is 55.2 Å². The summed E-state index contributed by atoms with van der Waals surface area (Å²) in [6, 6.07) is 6.39. The molecule has 184 valence electrons. The van der Waals surface area contributed by atoms with Gasteiger partial charge in [0, 0.05) is 48.5 Å². The van der Waals surface area contributed by atoms with Gasteiger partial charge in [-0.2, -0.15) is 0 Å². The monoisotopic (exact) mass is 488 g/mol. The normalized spacial score (nSPS) is 18.1. The smallest absolute Gasteiger partial charge is 0.406 e. The Hall–Kier alpha value is -3.77. The summed E-state index contributed by atoms with van der Waals surface area (Å²) < 4.78 is 40.9. The quantitative estimate of drug-likeness (QED) is 0.546. The SMILES string of the molecule is CN(C)[C@H]1CN(c2ncc(C(=O)Nc3ccc(OC(F)(F)F)cc3)cc2-c2cncnc2)C[C@@H]1O. The van der Waals surface area contributed by atoms with Gasteiger partial charge in [-0.15, -0.1) is 13.2 Å². The lowest BCUT2D eigenvalue weighted by Gasteiger charge is -2.23. The number of carbonyl (C=O) groups excluding carboxylic acids is 1. The minimum atomic E-state index is -4.80. The molecule has 1 aliphatic heterocycles. The Bertz CT molecular complexity index is 1180. The van der Waals surface area contributed by atoms with Gasteiger partial charge in [0.1, 0.15) is 17.9 Å². The molecule has 9 nitrogen and oxygen atoms in total. The van der Waals surface area contributed by atoms with Crippen LogP contribution < -0.4 is 15.0 Å². The molecule has 1 aromatic carbocycles. The Morgan fingerprint density at radius 3 is 2.43 bits per heavy atom. The molecule has 1 amide bonds. The molecule has 1 saturated heterocycles. The first-order chi connectivity index (χ1) is 16.6. The van der Waals surface area contributed by atoms with Crippen molar-refractivity contribution in [1.82, 2.24) is 19.9 Å². The highest BCUT2D eigenvalue weighted by Gasteiger charge is 2.35. The first-order valence-electron chi connectivity index (χ1n) is 10.6. The number of aromatic nitrogens is 3. The van der Waals surface area contributed by atoms with E-state index < -0.39 is 24.1 Å². The third-order valence-corrected chi connectivity index (χ3v) is 5.57. The number of aliphatic hydroxyl groups is 1. The minimum absolute atomic E-state index is 0.0797. The summed E-state index contributed by atoms with van der Waals surface area (Å²) in [6.07, 6.45) is 0.636. The van der Waals surface area contributed by atoms with Crippen LogP contribution in [0, 0.1) is 0 Å². The molecule has 1 fully saturated rings. The average Bonchev–Trinajstić information content (AvgIpc) is 3.21. The van der Waals surface area contributed by atoms with E-state index in [1.165, 1.54) is 24.7 Å². The summed E-state index contributed by atoms with van der Waals surface area (Å²) in [7, 11) is 3.79. The Kier molecular flexibility index (Phi) is 6.85. The second-order valence-electron chi connectivity index (χ2n) is 8.25. The number of β-amino-alcohol motifs (C(OH)–C–C–N with tert-alkyl or cyclic N) is 1. The van der Waals surface area contributed by atoms with Crippen LogP contribution in [0.2, 0.25) is 0 Å². The van der Waals surface area contributed by atoms with E-state index in [1.807, 2.05) is 23.9 Å². The number of amides is 1. The number of nitrogens with one attached hydrogen (secondary N) is 1. The van der Waals surface area contributed by atoms with Gasteiger partial charge in [0.25, 0.3) is 5.91 Å². The fourth-order valence-corrected chi connectivity index (χ4v) is 3.88. The van der Waals surface area contributed by atoms with E-state index in [-0.39, 0.29) is 17.3 Å². The van der Waals surface area contributed by atoms with E-state index in [0.29, 0.717) is 30.0 Å². The van der Waals surface area contributed by atoms with Crippen molar-refractivity contribution in [2.75, 3.05) is 37.4 Å². The maximum Gasteiger partial charge on any atom is 0.573 e. The van der Waals surface area contributed by atoms with Gasteiger partial charge in [0.15, 0.2) is 0 Å². The van der Waals surface area contributed by atoms with Crippen molar-refractivity contribution in [3.05, 3.63) is 60.8 Å². The van der Waals surface area contributed by atoms with Crippen molar-refractivity contribution in [3.63, 3.8) is 0 Å². The number of halogens is 3. The van der Waals surface area contributed by atoms with Crippen molar-refractivity contribution in [2.24, 2.45) is 0 Å². The molecule has 12 heteroatoms. The molecule has 2 atom stereocenters. The second-order valence-corrected chi connectivity index (χ2v) is 8.25. The van der Waals surface area contributed by atoms with Gasteiger partial charge in [0.05, 0.1) is 17.7 Å². The predicted octanol–water partition coefficient (Wildman–Crippen LogP) is 2.80. The van der Waals surface area contributed by atoms with Gasteiger partial charge < -0.3 is 25.0 Å². The number of nitrogens with zero attached hydrogens (tertiary/aromatic N) is 5. The van der Waals surface area contributed by atoms with Crippen LogP contribution in [-0.4, -0.2) is 76.6 Å². The molecular formula is C23H23F3N6O3. The van der Waals surface area contributed by atoms with Crippen LogP contribution in [0.3, 0.4) is 0 Å². The van der Waals surface area contributed by atoms with Crippen LogP contribution in [0.25, 0.3) is 11.1 Å². The standard InChI is InChI=1S/C23H23F3N6O3/c1-31(2)19-11-32(12-20(19)33)21-18(15-8-27-13-28-9-15)7-14(10-29-21)22(34)30-16-3-5-17(6-4-16)35-23(24,25)26/h3-10,13,19-20,33H,11-12H2,1-2H3,(H,30,34)/t19-,20-/m0/s1. The Balaban J connectivity index is 1.59. The molecule has 0 aliphatic carbocycles. The van der Waals surface area contributed by atoms with Crippen LogP contribution in [0.4, 0.5) is 24.7 Å². The lowest BCUT2D eigenvalue weighted by molar-refractivity contribution is -0.274. The molecule has 2 N–H and O–H groups in total. The van der Waals surface area contributed by atoms with Crippen LogP contribution in [-0.2, 0) is 0 Å². The number of ether oxygens (including phenoxy) is 1. The molecule has 35 heavy (non-hydrogen) atoms. The number of rotatable bonds is 6. The van der Waals surface area contributed by atoms with Crippen LogP contribution >= 0.6 is 0 Å². The molecule has 0 saturated carbocycles. The van der Waals surface area contributed by atoms with E-state index in [9.17, 15) is 23.1 Å². The summed E-state index contributed by atoms with van der Waals surface area (Å²) in [5, 5.41) is 13.1. The second kappa shape index (κ2) is 9.84. The average molecular weight is 488 g/mol. The van der Waals surface area contributed by atoms with Gasteiger partial charge in [-0.1, -0.05) is 0 Å². The van der Waals surface area contributed by atoms with Gasteiger partial charge in [0.2, 0.25) is 0 Å². The van der Waals surface area contributed by atoms with E-state index in [2.05, 4.69) is 25.0 Å². The van der Waals surface area contributed by atoms with E-state index in [1.54, 1.807) is 18.5 Å². The number of likely N-dealkylation sites (N-methyl/N-ethyl adjacent to an activating group) is 1. The molecule has 0 bridgehead atoms. The molecule has 3 heterocycles. The lowest BCUT2D eigenvalue weighted by atomic mass is 10.1. The van der Waals surface area contributed by atoms with Gasteiger partial charge in [-0.05, 0) is 44.4 Å². The Labute approximate surface area is 199 Å². The van der Waals surface area contributed by atoms with Crippen LogP contribution in [0.1, 0.15) is 10.4 Å². The predicted molar refractivity (Wildman–Crippen MR) is 122 cm³/mol. The number of anilines is 2. The summed E-state index contributed by atoms with van der Waals surface area (Å²) in [6.45, 7) is 0.911. The summed E-state index contributed by atoms with van der Waals surface area (Å²) in [5.41, 5.74) is 1.77. The summed E-state index contributed by atoms with van der Waals surface area (Å²) >= 11 is 0. The largest absolute Gasteiger partial charge is 0.573 e. The maximum atomic E-state index is 12.9. The molecule has 1 aliphatic rings. The lowest BCUT2D eigenvalue weighted by Crippen LogP contribution is -2.38. The number of pyridine rings is 1. The molecule has 0 spiro atoms. The van der Waals surface area contributed by atoms with E-state index in [4.69, 9.17) is 0 Å². The van der Waals surface area contributed by atoms with Crippen molar-refractivity contribution in [2.45, 2.75) is 18.5 Å². The van der Waals surface area contributed by atoms with Gasteiger partial charge >= 0.3 is 6.36 Å². The summed E-state index contributed by atoms with van der Waals surface area (Å²) in [4.78, 5) is 29.4. The van der Waals surface area contributed by atoms with Crippen molar-refractivity contribution >= 4 is 17.4 Å². The Morgan fingerprint density at radius 1 is 1.14 bits per heavy atom. The first-order valence-corrected chi connectivity index (χ1v) is 10.6. The van der Waals surface area contributed by atoms with Crippen molar-refractivity contribution in [1.29, 1.82) is 0 Å². The number of aliphatic hydroxyl groups excluding tert-OH is 1. The molecule has 2 aromatic heterocycles. The van der Waals surface area contributed by atoms with Crippen LogP contribution in [0.5, 0.6) is 5.75 Å². The number of benzene rings is 1. The molecule has 4 rings (SSSR count). The zero-order valence-corrected chi connectivity index (χ0v) is 18.9. The highest BCUT2D eigenvalue weighted by atomic mass is 19.4. The fourth-order valence-electron chi connectivity index (χ4n) is 3.88. The first kappa shape index (κ1) is 24.4. The van der Waals surface area contributed by atoms with Crippen molar-refractivity contribution in [3.8, 4) is 16.9 Å². The zero-order chi connectivity index (χ0) is 25.2. The topological polar surface area (TPSA) is 104 Å². The van der Waals surface area contributed by atoms with E-state index in [0.717, 1.165) is 12.1 Å². The molecule has 3 aromatic rings. The molecule has 0 unspecified atom stereocenters. The number of alkyl halides is 3. The molecular weight excluding hydrogens is 465 g/mol. The highest BCUT2D eigenvalue weighted by molar-refractivity contribution is 6.05. The molecule has 0 radical (unpaired) electrons. The van der Waals surface area contributed by atoms with Gasteiger partial charge in [-0.3, -0.25) is 4.79 Å². The number of hydrogen-bond donors (Lipinski definition) is 2. The van der Waals surface area contributed by atoms with E-state index >= 15 is 0 Å². The highest BCUT2D eigenvalue weighted by Crippen LogP contribution is 2.32. The number of hydrogen-bond acceptors (Lipinski definition) is 8. The minimum Gasteiger partial charge on any atom is -0.406 e.